The van der Waals surface area contributed by atoms with Crippen molar-refractivity contribution in [3.63, 3.8) is 0 Å². The van der Waals surface area contributed by atoms with Gasteiger partial charge in [-0.15, -0.1) is 0 Å². The van der Waals surface area contributed by atoms with Gasteiger partial charge in [0.15, 0.2) is 0 Å². The van der Waals surface area contributed by atoms with E-state index in [9.17, 15) is 35.1 Å². The third-order valence-corrected chi connectivity index (χ3v) is 5.66. The minimum atomic E-state index is -4.99. The Labute approximate surface area is 192 Å². The van der Waals surface area contributed by atoms with Gasteiger partial charge >= 0.3 is 12.4 Å². The Morgan fingerprint density at radius 1 is 0.471 bits per heavy atom. The van der Waals surface area contributed by atoms with Gasteiger partial charge in [0.25, 0.3) is 0 Å². The third-order valence-electron chi connectivity index (χ3n) is 5.66. The number of rotatable bonds is 6. The quantitative estimate of drug-likeness (QED) is 0.306. The average Bonchev–Trinajstić information content (AvgIpc) is 2.72. The smallest absolute Gasteiger partial charge is 0.234 e. The largest absolute Gasteiger partial charge is 0.422 e. The summed E-state index contributed by atoms with van der Waals surface area (Å²) in [6.07, 6.45) is -11.6. The van der Waals surface area contributed by atoms with Crippen molar-refractivity contribution in [2.75, 3.05) is 0 Å². The summed E-state index contributed by atoms with van der Waals surface area (Å²) in [6.45, 7) is 1.01. The molecule has 3 aromatic rings. The van der Waals surface area contributed by atoms with E-state index in [-0.39, 0.29) is 11.1 Å². The van der Waals surface area contributed by atoms with Crippen LogP contribution in [0, 0.1) is 0 Å². The van der Waals surface area contributed by atoms with Crippen LogP contribution in [0.2, 0.25) is 0 Å². The van der Waals surface area contributed by atoms with Gasteiger partial charge in [-0.3, -0.25) is 0 Å². The molecule has 2 atom stereocenters. The lowest BCUT2D eigenvalue weighted by Gasteiger charge is -2.23. The molecule has 0 saturated carbocycles. The molecule has 0 aliphatic rings. The van der Waals surface area contributed by atoms with Crippen LogP contribution in [0.25, 0.3) is 22.3 Å². The van der Waals surface area contributed by atoms with Gasteiger partial charge in [-0.25, -0.2) is 8.78 Å². The summed E-state index contributed by atoms with van der Waals surface area (Å²) in [6, 6.07) is 19.1. The zero-order valence-corrected chi connectivity index (χ0v) is 18.4. The van der Waals surface area contributed by atoms with E-state index in [0.29, 0.717) is 36.1 Å². The predicted molar refractivity (Wildman–Crippen MR) is 116 cm³/mol. The maximum atomic E-state index is 14.0. The first kappa shape index (κ1) is 25.7. The second-order valence-corrected chi connectivity index (χ2v) is 8.72. The molecule has 0 aromatic heterocycles. The molecule has 0 aliphatic heterocycles. The molecule has 34 heavy (non-hydrogen) atoms. The van der Waals surface area contributed by atoms with Gasteiger partial charge in [0.1, 0.15) is 0 Å². The molecule has 8 heteroatoms. The minimum Gasteiger partial charge on any atom is -0.234 e. The van der Waals surface area contributed by atoms with Gasteiger partial charge in [0.05, 0.1) is 0 Å². The lowest BCUT2D eigenvalue weighted by molar-refractivity contribution is -0.223. The topological polar surface area (TPSA) is 0 Å². The number of alkyl halides is 8. The molecule has 0 amide bonds. The van der Waals surface area contributed by atoms with E-state index >= 15 is 0 Å². The van der Waals surface area contributed by atoms with E-state index in [1.807, 2.05) is 0 Å². The summed E-state index contributed by atoms with van der Waals surface area (Å²) < 4.78 is 105. The van der Waals surface area contributed by atoms with Gasteiger partial charge in [0.2, 0.25) is 11.3 Å². The summed E-state index contributed by atoms with van der Waals surface area (Å²) in [4.78, 5) is 0. The number of benzene rings is 3. The molecular formula is C26H22F8. The summed E-state index contributed by atoms with van der Waals surface area (Å²) in [7, 11) is 0. The number of halogens is 8. The molecule has 0 bridgehead atoms. The van der Waals surface area contributed by atoms with Gasteiger partial charge in [0, 0.05) is 12.8 Å². The third kappa shape index (κ3) is 5.77. The van der Waals surface area contributed by atoms with Crippen LogP contribution >= 0.6 is 0 Å². The van der Waals surface area contributed by atoms with E-state index < -0.39 is 36.5 Å². The zero-order chi connectivity index (χ0) is 25.4. The van der Waals surface area contributed by atoms with Crippen molar-refractivity contribution in [2.24, 2.45) is 0 Å². The summed E-state index contributed by atoms with van der Waals surface area (Å²) >= 11 is 0. The van der Waals surface area contributed by atoms with Crippen molar-refractivity contribution in [3.05, 3.63) is 83.9 Å². The number of hydrogen-bond donors (Lipinski definition) is 0. The standard InChI is InChI=1S/C26H22F8/c1-23(27,25(29,30)31)15-17-5-3-7-21(13-17)19-9-11-20(12-10-19)22-8-4-6-18(14-22)16-24(2,28)26(32,33)34/h3-14H,15-16H2,1-2H3. The first-order valence-electron chi connectivity index (χ1n) is 10.4. The fourth-order valence-electron chi connectivity index (χ4n) is 3.54. The Hall–Kier alpha value is -2.90. The van der Waals surface area contributed by atoms with E-state index in [1.54, 1.807) is 48.5 Å². The van der Waals surface area contributed by atoms with Gasteiger partial charge < -0.3 is 0 Å². The fourth-order valence-corrected chi connectivity index (χ4v) is 3.54. The van der Waals surface area contributed by atoms with E-state index in [0.717, 1.165) is 0 Å². The molecule has 3 aromatic carbocycles. The maximum absolute atomic E-state index is 14.0. The Morgan fingerprint density at radius 2 is 0.794 bits per heavy atom. The van der Waals surface area contributed by atoms with Crippen LogP contribution in [0.4, 0.5) is 35.1 Å². The van der Waals surface area contributed by atoms with Gasteiger partial charge in [-0.2, -0.15) is 26.3 Å². The minimum absolute atomic E-state index is 0.190. The van der Waals surface area contributed by atoms with Crippen molar-refractivity contribution in [3.8, 4) is 22.3 Å². The Balaban J connectivity index is 1.82. The monoisotopic (exact) mass is 486 g/mol. The molecule has 0 fully saturated rings. The van der Waals surface area contributed by atoms with E-state index in [1.165, 1.54) is 24.3 Å². The van der Waals surface area contributed by atoms with Crippen LogP contribution in [-0.2, 0) is 12.8 Å². The normalized spacial score (nSPS) is 16.1. The van der Waals surface area contributed by atoms with Crippen LogP contribution < -0.4 is 0 Å². The van der Waals surface area contributed by atoms with E-state index in [2.05, 4.69) is 0 Å². The van der Waals surface area contributed by atoms with Crippen LogP contribution in [-0.4, -0.2) is 23.7 Å². The van der Waals surface area contributed by atoms with Crippen molar-refractivity contribution < 1.29 is 35.1 Å². The second kappa shape index (κ2) is 9.04. The van der Waals surface area contributed by atoms with Crippen molar-refractivity contribution in [2.45, 2.75) is 50.4 Å². The molecule has 0 spiro atoms. The van der Waals surface area contributed by atoms with Crippen LogP contribution in [0.1, 0.15) is 25.0 Å². The molecular weight excluding hydrogens is 464 g/mol. The Kier molecular flexibility index (Phi) is 6.84. The van der Waals surface area contributed by atoms with Gasteiger partial charge in [-0.05, 0) is 47.2 Å². The van der Waals surface area contributed by atoms with Crippen molar-refractivity contribution in [1.29, 1.82) is 0 Å². The zero-order valence-electron chi connectivity index (χ0n) is 18.4. The predicted octanol–water partition coefficient (Wildman–Crippen LogP) is 8.69. The van der Waals surface area contributed by atoms with Gasteiger partial charge in [-0.1, -0.05) is 72.8 Å². The van der Waals surface area contributed by atoms with E-state index in [4.69, 9.17) is 0 Å². The Morgan fingerprint density at radius 3 is 1.09 bits per heavy atom. The summed E-state index contributed by atoms with van der Waals surface area (Å²) in [5.74, 6) is 0. The second-order valence-electron chi connectivity index (χ2n) is 8.72. The summed E-state index contributed by atoms with van der Waals surface area (Å²) in [5.41, 5.74) is -3.82. The summed E-state index contributed by atoms with van der Waals surface area (Å²) in [5, 5.41) is 0. The molecule has 0 heterocycles. The first-order valence-corrected chi connectivity index (χ1v) is 10.4. The van der Waals surface area contributed by atoms with Crippen LogP contribution in [0.5, 0.6) is 0 Å². The molecule has 3 rings (SSSR count). The SMILES string of the molecule is CC(F)(Cc1cccc(-c2ccc(-c3cccc(CC(C)(F)C(F)(F)F)c3)cc2)c1)C(F)(F)F. The number of hydrogen-bond acceptors (Lipinski definition) is 0. The highest BCUT2D eigenvalue weighted by molar-refractivity contribution is 5.71. The molecule has 2 unspecified atom stereocenters. The molecule has 182 valence electrons. The fraction of sp³-hybridized carbons (Fsp3) is 0.308. The first-order chi connectivity index (χ1) is 15.6. The highest BCUT2D eigenvalue weighted by Crippen LogP contribution is 2.38. The van der Waals surface area contributed by atoms with Crippen molar-refractivity contribution in [1.82, 2.24) is 0 Å². The highest BCUT2D eigenvalue weighted by Gasteiger charge is 2.52. The van der Waals surface area contributed by atoms with Crippen molar-refractivity contribution >= 4 is 0 Å². The molecule has 0 saturated heterocycles. The lowest BCUT2D eigenvalue weighted by atomic mass is 9.93. The molecule has 0 radical (unpaired) electrons. The molecule has 0 N–H and O–H groups in total. The van der Waals surface area contributed by atoms with Crippen LogP contribution in [0.15, 0.2) is 72.8 Å². The highest BCUT2D eigenvalue weighted by atomic mass is 19.4. The molecule has 0 nitrogen and oxygen atoms in total. The maximum Gasteiger partial charge on any atom is 0.422 e. The molecule has 0 aliphatic carbocycles. The average molecular weight is 486 g/mol. The Bertz CT molecular complexity index is 1030. The lowest BCUT2D eigenvalue weighted by Crippen LogP contribution is -2.39. The van der Waals surface area contributed by atoms with Crippen LogP contribution in [0.3, 0.4) is 0 Å².